The molecular weight excluding hydrogens is 460 g/mol. The van der Waals surface area contributed by atoms with Crippen LogP contribution in [0.5, 0.6) is 5.75 Å². The largest absolute Gasteiger partial charge is 0.434 e. The lowest BCUT2D eigenvalue weighted by Gasteiger charge is -2.22. The molecule has 1 saturated heterocycles. The number of hydrogen-bond acceptors (Lipinski definition) is 5. The fourth-order valence-electron chi connectivity index (χ4n) is 4.93. The van der Waals surface area contributed by atoms with Gasteiger partial charge in [0, 0.05) is 25.7 Å². The molecule has 11 heteroatoms. The Balaban J connectivity index is 1.50. The number of amides is 3. The predicted octanol–water partition coefficient (Wildman–Crippen LogP) is 2.66. The lowest BCUT2D eigenvalue weighted by Crippen LogP contribution is -2.39. The van der Waals surface area contributed by atoms with Crippen molar-refractivity contribution >= 4 is 17.7 Å². The van der Waals surface area contributed by atoms with Gasteiger partial charge in [-0.2, -0.15) is 8.78 Å². The summed E-state index contributed by atoms with van der Waals surface area (Å²) in [5.74, 6) is -0.290. The van der Waals surface area contributed by atoms with Gasteiger partial charge in [-0.1, -0.05) is 31.0 Å². The number of halogens is 2. The molecule has 1 aromatic carbocycles. The summed E-state index contributed by atoms with van der Waals surface area (Å²) in [6.45, 7) is -2.13. The average Bonchev–Trinajstić information content (AvgIpc) is 3.51. The van der Waals surface area contributed by atoms with Crippen LogP contribution in [0.3, 0.4) is 0 Å². The number of benzene rings is 1. The number of imidazole rings is 1. The molecular formula is C24H29F2N5O4. The van der Waals surface area contributed by atoms with Crippen LogP contribution in [0, 0.1) is 11.8 Å². The van der Waals surface area contributed by atoms with Crippen molar-refractivity contribution in [3.8, 4) is 5.75 Å². The van der Waals surface area contributed by atoms with Crippen molar-refractivity contribution in [1.82, 2.24) is 25.1 Å². The van der Waals surface area contributed by atoms with Gasteiger partial charge in [-0.25, -0.2) is 4.98 Å². The van der Waals surface area contributed by atoms with E-state index in [2.05, 4.69) is 20.0 Å². The van der Waals surface area contributed by atoms with E-state index < -0.39 is 18.4 Å². The Morgan fingerprint density at radius 3 is 2.54 bits per heavy atom. The molecule has 188 valence electrons. The van der Waals surface area contributed by atoms with Gasteiger partial charge in [0.05, 0.1) is 12.7 Å². The van der Waals surface area contributed by atoms with E-state index in [4.69, 9.17) is 0 Å². The van der Waals surface area contributed by atoms with E-state index in [1.807, 2.05) is 0 Å². The van der Waals surface area contributed by atoms with Gasteiger partial charge in [-0.05, 0) is 30.7 Å². The third kappa shape index (κ3) is 5.77. The van der Waals surface area contributed by atoms with Crippen molar-refractivity contribution in [3.63, 3.8) is 0 Å². The van der Waals surface area contributed by atoms with Crippen molar-refractivity contribution in [1.29, 1.82) is 0 Å². The summed E-state index contributed by atoms with van der Waals surface area (Å²) in [5, 5.41) is 2.45. The van der Waals surface area contributed by atoms with Crippen LogP contribution in [0.15, 0.2) is 30.5 Å². The molecule has 2 fully saturated rings. The van der Waals surface area contributed by atoms with E-state index in [-0.39, 0.29) is 36.3 Å². The van der Waals surface area contributed by atoms with Crippen molar-refractivity contribution < 1.29 is 27.9 Å². The third-order valence-electron chi connectivity index (χ3n) is 6.72. The van der Waals surface area contributed by atoms with E-state index in [1.54, 1.807) is 11.0 Å². The average molecular weight is 490 g/mol. The van der Waals surface area contributed by atoms with Gasteiger partial charge >= 0.3 is 6.61 Å². The van der Waals surface area contributed by atoms with Crippen LogP contribution in [0.4, 0.5) is 8.78 Å². The number of rotatable bonds is 8. The molecule has 4 rings (SSSR count). The third-order valence-corrected chi connectivity index (χ3v) is 6.72. The number of likely N-dealkylation sites (tertiary alicyclic amines) is 1. The van der Waals surface area contributed by atoms with E-state index in [0.717, 1.165) is 12.8 Å². The topological polar surface area (TPSA) is 108 Å². The van der Waals surface area contributed by atoms with Gasteiger partial charge in [-0.15, -0.1) is 0 Å². The van der Waals surface area contributed by atoms with Crippen LogP contribution in [-0.2, 0) is 11.3 Å². The molecule has 2 N–H and O–H groups in total. The van der Waals surface area contributed by atoms with Crippen LogP contribution < -0.4 is 10.1 Å². The number of H-pyrrole nitrogens is 1. The highest BCUT2D eigenvalue weighted by Crippen LogP contribution is 2.36. The van der Waals surface area contributed by atoms with Crippen molar-refractivity contribution in [2.24, 2.45) is 11.8 Å². The zero-order valence-corrected chi connectivity index (χ0v) is 19.5. The van der Waals surface area contributed by atoms with Gasteiger partial charge in [0.2, 0.25) is 5.91 Å². The lowest BCUT2D eigenvalue weighted by molar-refractivity contribution is -0.121. The maximum absolute atomic E-state index is 13.3. The molecule has 3 amide bonds. The van der Waals surface area contributed by atoms with Crippen molar-refractivity contribution in [2.75, 3.05) is 26.7 Å². The summed E-state index contributed by atoms with van der Waals surface area (Å²) < 4.78 is 30.2. The molecule has 0 bridgehead atoms. The first-order valence-corrected chi connectivity index (χ1v) is 11.7. The second-order valence-electron chi connectivity index (χ2n) is 8.98. The van der Waals surface area contributed by atoms with Gasteiger partial charge < -0.3 is 24.8 Å². The number of fused-ring (bicyclic) bond motifs is 1. The van der Waals surface area contributed by atoms with Gasteiger partial charge in [0.15, 0.2) is 5.82 Å². The Morgan fingerprint density at radius 1 is 1.20 bits per heavy atom. The van der Waals surface area contributed by atoms with Crippen LogP contribution in [0.2, 0.25) is 0 Å². The number of ether oxygens (including phenoxy) is 1. The van der Waals surface area contributed by atoms with Crippen LogP contribution in [0.1, 0.15) is 52.4 Å². The number of nitrogens with one attached hydrogen (secondary N) is 2. The SMILES string of the molecule is CNC(=O)CN(Cc1ccccc1OC(F)F)C(=O)c1cnc(C(=O)N2CC3CCCCC3C2)[nH]1. The summed E-state index contributed by atoms with van der Waals surface area (Å²) in [7, 11) is 1.43. The number of alkyl halides is 2. The fraction of sp³-hybridized carbons (Fsp3) is 0.500. The van der Waals surface area contributed by atoms with Crippen molar-refractivity contribution in [3.05, 3.63) is 47.5 Å². The molecule has 2 aliphatic rings. The molecule has 2 unspecified atom stereocenters. The Hall–Kier alpha value is -3.50. The Morgan fingerprint density at radius 2 is 1.89 bits per heavy atom. The highest BCUT2D eigenvalue weighted by atomic mass is 19.3. The number of para-hydroxylation sites is 1. The summed E-state index contributed by atoms with van der Waals surface area (Å²) >= 11 is 0. The first-order chi connectivity index (χ1) is 16.9. The molecule has 1 aromatic heterocycles. The zero-order chi connectivity index (χ0) is 24.9. The number of carbonyl (C=O) groups is 3. The maximum Gasteiger partial charge on any atom is 0.387 e. The first kappa shape index (κ1) is 24.6. The minimum atomic E-state index is -3.03. The predicted molar refractivity (Wildman–Crippen MR) is 122 cm³/mol. The second-order valence-corrected chi connectivity index (χ2v) is 8.98. The number of carbonyl (C=O) groups excluding carboxylic acids is 3. The number of aromatic amines is 1. The van der Waals surface area contributed by atoms with E-state index in [0.29, 0.717) is 30.5 Å². The smallest absolute Gasteiger partial charge is 0.387 e. The van der Waals surface area contributed by atoms with Gasteiger partial charge in [-0.3, -0.25) is 14.4 Å². The Bertz CT molecular complexity index is 1060. The standard InChI is InChI=1S/C24H29F2N5O4/c1-27-20(32)14-31(13-17-8-4-5-9-19(17)35-24(25)26)22(33)18-10-28-21(29-18)23(34)30-11-15-6-2-3-7-16(15)12-30/h4-5,8-10,15-16,24H,2-3,6-7,11-14H2,1H3,(H,27,32)(H,28,29). The quantitative estimate of drug-likeness (QED) is 0.593. The molecule has 9 nitrogen and oxygen atoms in total. The Kier molecular flexibility index (Phi) is 7.62. The lowest BCUT2D eigenvalue weighted by atomic mass is 9.82. The number of aromatic nitrogens is 2. The highest BCUT2D eigenvalue weighted by molar-refractivity contribution is 5.97. The number of nitrogens with zero attached hydrogens (tertiary/aromatic N) is 3. The molecule has 1 aliphatic heterocycles. The van der Waals surface area contributed by atoms with E-state index in [9.17, 15) is 23.2 Å². The van der Waals surface area contributed by atoms with Crippen LogP contribution in [0.25, 0.3) is 0 Å². The fourth-order valence-corrected chi connectivity index (χ4v) is 4.93. The first-order valence-electron chi connectivity index (χ1n) is 11.7. The summed E-state index contributed by atoms with van der Waals surface area (Å²) in [6.07, 6.45) is 5.89. The molecule has 0 radical (unpaired) electrons. The summed E-state index contributed by atoms with van der Waals surface area (Å²) in [6, 6.07) is 6.06. The second kappa shape index (κ2) is 10.8. The summed E-state index contributed by atoms with van der Waals surface area (Å²) in [4.78, 5) is 48.2. The number of hydrogen-bond donors (Lipinski definition) is 2. The van der Waals surface area contributed by atoms with Crippen LogP contribution >= 0.6 is 0 Å². The molecule has 2 atom stereocenters. The van der Waals surface area contributed by atoms with E-state index in [1.165, 1.54) is 49.2 Å². The monoisotopic (exact) mass is 489 g/mol. The Labute approximate surface area is 201 Å². The summed E-state index contributed by atoms with van der Waals surface area (Å²) in [5.41, 5.74) is 0.335. The normalized spacial score (nSPS) is 19.4. The molecule has 0 spiro atoms. The highest BCUT2D eigenvalue weighted by Gasteiger charge is 2.37. The molecule has 2 aromatic rings. The minimum absolute atomic E-state index is 0.0288. The van der Waals surface area contributed by atoms with Crippen LogP contribution in [-0.4, -0.2) is 70.8 Å². The minimum Gasteiger partial charge on any atom is -0.434 e. The van der Waals surface area contributed by atoms with Gasteiger partial charge in [0.1, 0.15) is 18.0 Å². The molecule has 35 heavy (non-hydrogen) atoms. The molecule has 1 saturated carbocycles. The van der Waals surface area contributed by atoms with E-state index >= 15 is 0 Å². The number of likely N-dealkylation sites (N-methyl/N-ethyl adjacent to an activating group) is 1. The zero-order valence-electron chi connectivity index (χ0n) is 19.5. The molecule has 2 heterocycles. The maximum atomic E-state index is 13.3. The van der Waals surface area contributed by atoms with Crippen molar-refractivity contribution in [2.45, 2.75) is 38.8 Å². The molecule has 1 aliphatic carbocycles. The van der Waals surface area contributed by atoms with Gasteiger partial charge in [0.25, 0.3) is 11.8 Å².